The summed E-state index contributed by atoms with van der Waals surface area (Å²) in [4.78, 5) is 23.6. The largest absolute Gasteiger partial charge is 0.459 e. The summed E-state index contributed by atoms with van der Waals surface area (Å²) in [7, 11) is 0. The molecule has 0 amide bonds. The molecule has 2 N–H and O–H groups in total. The van der Waals surface area contributed by atoms with Crippen LogP contribution in [-0.4, -0.2) is 33.1 Å². The van der Waals surface area contributed by atoms with Crippen molar-refractivity contribution in [2.24, 2.45) is 0 Å². The molecule has 0 unspecified atom stereocenters. The zero-order valence-electron chi connectivity index (χ0n) is 15.3. The Morgan fingerprint density at radius 3 is 2.86 bits per heavy atom. The van der Waals surface area contributed by atoms with Crippen molar-refractivity contribution in [1.29, 1.82) is 0 Å². The number of aromatic amines is 1. The molecule has 1 saturated carbocycles. The van der Waals surface area contributed by atoms with E-state index in [2.05, 4.69) is 26.8 Å². The molecule has 0 atom stereocenters. The summed E-state index contributed by atoms with van der Waals surface area (Å²) in [5.74, 6) is 0.192. The van der Waals surface area contributed by atoms with Gasteiger partial charge < -0.3 is 15.0 Å². The highest BCUT2D eigenvalue weighted by Gasteiger charge is 2.24. The molecule has 2 heterocycles. The molecule has 6 nitrogen and oxygen atoms in total. The fourth-order valence-electron chi connectivity index (χ4n) is 3.61. The predicted octanol–water partition coefficient (Wildman–Crippen LogP) is 4.73. The first-order chi connectivity index (χ1) is 13.6. The quantitative estimate of drug-likeness (QED) is 0.481. The number of para-hydroxylation sites is 1. The molecule has 7 heteroatoms. The molecule has 28 heavy (non-hydrogen) atoms. The lowest BCUT2D eigenvalue weighted by atomic mass is 9.93. The highest BCUT2D eigenvalue weighted by molar-refractivity contribution is 6.33. The Hall–Kier alpha value is -2.86. The smallest absolute Gasteiger partial charge is 0.330 e. The molecule has 0 bridgehead atoms. The second-order valence-electron chi connectivity index (χ2n) is 6.90. The van der Waals surface area contributed by atoms with Crippen molar-refractivity contribution in [1.82, 2.24) is 15.0 Å². The van der Waals surface area contributed by atoms with Gasteiger partial charge in [0.1, 0.15) is 6.10 Å². The zero-order valence-corrected chi connectivity index (χ0v) is 16.1. The van der Waals surface area contributed by atoms with Crippen LogP contribution in [0.4, 0.5) is 5.95 Å². The first-order valence-corrected chi connectivity index (χ1v) is 9.70. The average Bonchev–Trinajstić information content (AvgIpc) is 3.15. The van der Waals surface area contributed by atoms with Crippen molar-refractivity contribution in [2.45, 2.75) is 37.8 Å². The first-order valence-electron chi connectivity index (χ1n) is 9.32. The normalized spacial score (nSPS) is 19.3. The van der Waals surface area contributed by atoms with Crippen LogP contribution in [0.25, 0.3) is 22.2 Å². The van der Waals surface area contributed by atoms with Gasteiger partial charge in [0.05, 0.1) is 16.9 Å². The molecule has 2 aromatic heterocycles. The van der Waals surface area contributed by atoms with Crippen LogP contribution in [0.3, 0.4) is 0 Å². The third kappa shape index (κ3) is 3.87. The Labute approximate surface area is 168 Å². The average molecular weight is 397 g/mol. The van der Waals surface area contributed by atoms with Gasteiger partial charge in [-0.3, -0.25) is 0 Å². The summed E-state index contributed by atoms with van der Waals surface area (Å²) in [6.07, 6.45) is 8.08. The summed E-state index contributed by atoms with van der Waals surface area (Å²) < 4.78 is 5.33. The summed E-state index contributed by atoms with van der Waals surface area (Å²) in [5, 5.41) is 4.97. The Balaban J connectivity index is 1.48. The van der Waals surface area contributed by atoms with Crippen molar-refractivity contribution in [3.05, 3.63) is 54.3 Å². The lowest BCUT2D eigenvalue weighted by molar-refractivity contribution is -0.144. The Kier molecular flexibility index (Phi) is 5.30. The van der Waals surface area contributed by atoms with E-state index in [-0.39, 0.29) is 18.1 Å². The number of nitrogens with zero attached hydrogens (tertiary/aromatic N) is 2. The van der Waals surface area contributed by atoms with E-state index in [0.29, 0.717) is 16.7 Å². The van der Waals surface area contributed by atoms with E-state index in [1.54, 1.807) is 6.20 Å². The molecule has 4 rings (SSSR count). The molecule has 1 fully saturated rings. The van der Waals surface area contributed by atoms with Crippen molar-refractivity contribution < 1.29 is 9.53 Å². The summed E-state index contributed by atoms with van der Waals surface area (Å²) in [6.45, 7) is 3.44. The number of carbonyl (C=O) groups is 1. The van der Waals surface area contributed by atoms with Gasteiger partial charge in [0.25, 0.3) is 0 Å². The minimum absolute atomic E-state index is 0.0449. The molecule has 3 aromatic rings. The molecule has 1 aliphatic rings. The molecule has 0 aliphatic heterocycles. The second kappa shape index (κ2) is 8.02. The van der Waals surface area contributed by atoms with E-state index >= 15 is 0 Å². The number of benzene rings is 1. The van der Waals surface area contributed by atoms with Crippen LogP contribution in [0.1, 0.15) is 25.7 Å². The Bertz CT molecular complexity index is 1010. The summed E-state index contributed by atoms with van der Waals surface area (Å²) >= 11 is 6.39. The van der Waals surface area contributed by atoms with Crippen molar-refractivity contribution in [3.8, 4) is 11.3 Å². The maximum absolute atomic E-state index is 11.3. The number of halogens is 1. The van der Waals surface area contributed by atoms with E-state index < -0.39 is 0 Å². The topological polar surface area (TPSA) is 79.9 Å². The van der Waals surface area contributed by atoms with Gasteiger partial charge in [-0.15, -0.1) is 0 Å². The number of carbonyl (C=O) groups excluding carboxylic acids is 1. The van der Waals surface area contributed by atoms with Gasteiger partial charge in [0.15, 0.2) is 0 Å². The molecular weight excluding hydrogens is 376 g/mol. The van der Waals surface area contributed by atoms with E-state index in [4.69, 9.17) is 16.3 Å². The number of aromatic nitrogens is 3. The third-order valence-corrected chi connectivity index (χ3v) is 5.32. The lowest BCUT2D eigenvalue weighted by Crippen LogP contribution is -2.31. The number of ether oxygens (including phenoxy) is 1. The van der Waals surface area contributed by atoms with Gasteiger partial charge in [0, 0.05) is 34.8 Å². The van der Waals surface area contributed by atoms with Crippen molar-refractivity contribution in [2.75, 3.05) is 5.32 Å². The monoisotopic (exact) mass is 396 g/mol. The summed E-state index contributed by atoms with van der Waals surface area (Å²) in [5.41, 5.74) is 2.69. The number of anilines is 1. The molecule has 144 valence electrons. The SMILES string of the molecule is C=CC(=O)OC1CCC(Nc2ncc(Cl)c(-c3c[nH]c4ccccc34)n2)CC1. The van der Waals surface area contributed by atoms with Crippen LogP contribution in [0, 0.1) is 0 Å². The lowest BCUT2D eigenvalue weighted by Gasteiger charge is -2.28. The molecule has 0 radical (unpaired) electrons. The first kappa shape index (κ1) is 18.5. The molecule has 1 aliphatic carbocycles. The van der Waals surface area contributed by atoms with Crippen molar-refractivity contribution in [3.63, 3.8) is 0 Å². The predicted molar refractivity (Wildman–Crippen MR) is 110 cm³/mol. The summed E-state index contributed by atoms with van der Waals surface area (Å²) in [6, 6.07) is 8.27. The van der Waals surface area contributed by atoms with Crippen LogP contribution in [0.5, 0.6) is 0 Å². The van der Waals surface area contributed by atoms with Gasteiger partial charge in [0.2, 0.25) is 5.95 Å². The number of nitrogens with one attached hydrogen (secondary N) is 2. The fraction of sp³-hybridized carbons (Fsp3) is 0.286. The maximum Gasteiger partial charge on any atom is 0.330 e. The second-order valence-corrected chi connectivity index (χ2v) is 7.30. The number of H-pyrrole nitrogens is 1. The highest BCUT2D eigenvalue weighted by Crippen LogP contribution is 2.32. The maximum atomic E-state index is 11.3. The Morgan fingerprint density at radius 1 is 1.29 bits per heavy atom. The van der Waals surface area contributed by atoms with Crippen LogP contribution in [0.2, 0.25) is 5.02 Å². The third-order valence-electron chi connectivity index (χ3n) is 5.05. The van der Waals surface area contributed by atoms with Gasteiger partial charge >= 0.3 is 5.97 Å². The minimum Gasteiger partial charge on any atom is -0.459 e. The molecule has 1 aromatic carbocycles. The van der Waals surface area contributed by atoms with Gasteiger partial charge in [-0.1, -0.05) is 36.4 Å². The van der Waals surface area contributed by atoms with E-state index in [1.165, 1.54) is 6.08 Å². The highest BCUT2D eigenvalue weighted by atomic mass is 35.5. The van der Waals surface area contributed by atoms with E-state index in [9.17, 15) is 4.79 Å². The molecule has 0 saturated heterocycles. The van der Waals surface area contributed by atoms with E-state index in [1.807, 2.05) is 30.5 Å². The minimum atomic E-state index is -0.360. The van der Waals surface area contributed by atoms with Crippen LogP contribution in [-0.2, 0) is 9.53 Å². The van der Waals surface area contributed by atoms with Crippen LogP contribution in [0.15, 0.2) is 49.3 Å². The Morgan fingerprint density at radius 2 is 2.07 bits per heavy atom. The zero-order chi connectivity index (χ0) is 19.5. The van der Waals surface area contributed by atoms with Gasteiger partial charge in [-0.05, 0) is 31.7 Å². The number of fused-ring (bicyclic) bond motifs is 1. The van der Waals surface area contributed by atoms with Crippen molar-refractivity contribution >= 4 is 34.4 Å². The number of rotatable bonds is 5. The van der Waals surface area contributed by atoms with Crippen LogP contribution < -0.4 is 5.32 Å². The number of hydrogen-bond donors (Lipinski definition) is 2. The molecular formula is C21H21ClN4O2. The van der Waals surface area contributed by atoms with E-state index in [0.717, 1.165) is 42.1 Å². The standard InChI is InChI=1S/C21H21ClN4O2/c1-2-19(27)28-14-9-7-13(8-10-14)25-21-24-12-17(22)20(26-21)16-11-23-18-6-4-3-5-15(16)18/h2-6,11-14,23H,1,7-10H2,(H,24,25,26). The van der Waals surface area contributed by atoms with Gasteiger partial charge in [-0.25, -0.2) is 14.8 Å². The number of esters is 1. The van der Waals surface area contributed by atoms with Gasteiger partial charge in [-0.2, -0.15) is 0 Å². The molecule has 0 spiro atoms. The number of hydrogen-bond acceptors (Lipinski definition) is 5. The van der Waals surface area contributed by atoms with Crippen LogP contribution >= 0.6 is 11.6 Å². The fourth-order valence-corrected chi connectivity index (χ4v) is 3.81.